The Bertz CT molecular complexity index is 829. The number of ether oxygens (including phenoxy) is 3. The molecule has 2 aromatic carbocycles. The van der Waals surface area contributed by atoms with Crippen LogP contribution in [0.4, 0.5) is 5.69 Å². The molecule has 1 aliphatic heterocycles. The number of methoxy groups -OCH3 is 3. The highest BCUT2D eigenvalue weighted by molar-refractivity contribution is 6.10. The second-order valence-electron chi connectivity index (χ2n) is 6.44. The summed E-state index contributed by atoms with van der Waals surface area (Å²) in [5, 5.41) is 0. The van der Waals surface area contributed by atoms with E-state index in [1.54, 1.807) is 27.4 Å². The van der Waals surface area contributed by atoms with E-state index in [0.29, 0.717) is 23.6 Å². The van der Waals surface area contributed by atoms with Gasteiger partial charge in [0.2, 0.25) is 0 Å². The van der Waals surface area contributed by atoms with Gasteiger partial charge in [-0.3, -0.25) is 4.79 Å². The molecule has 0 aliphatic carbocycles. The third kappa shape index (κ3) is 3.63. The minimum atomic E-state index is -0.268. The van der Waals surface area contributed by atoms with Crippen LogP contribution in [0.3, 0.4) is 0 Å². The number of carbonyl (C=O) groups is 1. The lowest BCUT2D eigenvalue weighted by Crippen LogP contribution is -2.38. The molecule has 1 aliphatic rings. The molecule has 0 spiro atoms. The summed E-state index contributed by atoms with van der Waals surface area (Å²) >= 11 is 0. The molecule has 1 atom stereocenters. The van der Waals surface area contributed by atoms with Crippen LogP contribution >= 0.6 is 0 Å². The summed E-state index contributed by atoms with van der Waals surface area (Å²) in [7, 11) is 4.82. The van der Waals surface area contributed by atoms with E-state index in [2.05, 4.69) is 11.5 Å². The van der Waals surface area contributed by atoms with Crippen LogP contribution < -0.4 is 19.1 Å². The van der Waals surface area contributed by atoms with Crippen LogP contribution in [0.15, 0.2) is 49.1 Å². The lowest BCUT2D eigenvalue weighted by atomic mass is 9.85. The van der Waals surface area contributed by atoms with Crippen LogP contribution in [-0.2, 0) is 0 Å². The summed E-state index contributed by atoms with van der Waals surface area (Å²) < 4.78 is 16.2. The SMILES string of the molecule is C=CCCN1CC(c2ccc(OC)cc2)C(=O)c2c(OC)cc(OC)cc21. The predicted molar refractivity (Wildman–Crippen MR) is 107 cm³/mol. The standard InChI is InChI=1S/C22H25NO4/c1-5-6-11-23-14-18(15-7-9-16(25-2)10-8-15)22(24)21-19(23)12-17(26-3)13-20(21)27-4/h5,7-10,12-13,18H,1,6,11,14H2,2-4H3. The summed E-state index contributed by atoms with van der Waals surface area (Å²) in [6.45, 7) is 5.19. The van der Waals surface area contributed by atoms with Crippen LogP contribution in [0.1, 0.15) is 28.3 Å². The van der Waals surface area contributed by atoms with Gasteiger partial charge in [0, 0.05) is 25.2 Å². The molecule has 142 valence electrons. The number of carbonyl (C=O) groups excluding carboxylic acids is 1. The summed E-state index contributed by atoms with van der Waals surface area (Å²) in [6.07, 6.45) is 2.71. The molecule has 2 aromatic rings. The van der Waals surface area contributed by atoms with Crippen molar-refractivity contribution in [3.63, 3.8) is 0 Å². The fourth-order valence-corrected chi connectivity index (χ4v) is 3.48. The van der Waals surface area contributed by atoms with Crippen LogP contribution in [0, 0.1) is 0 Å². The molecule has 0 N–H and O–H groups in total. The quantitative estimate of drug-likeness (QED) is 0.690. The van der Waals surface area contributed by atoms with Gasteiger partial charge in [-0.25, -0.2) is 0 Å². The maximum absolute atomic E-state index is 13.4. The van der Waals surface area contributed by atoms with Crippen molar-refractivity contribution in [3.8, 4) is 17.2 Å². The molecule has 0 radical (unpaired) electrons. The normalized spacial score (nSPS) is 15.9. The molecule has 1 unspecified atom stereocenters. The molecule has 27 heavy (non-hydrogen) atoms. The lowest BCUT2D eigenvalue weighted by molar-refractivity contribution is 0.0952. The highest BCUT2D eigenvalue weighted by atomic mass is 16.5. The van der Waals surface area contributed by atoms with Gasteiger partial charge >= 0.3 is 0 Å². The fraction of sp³-hybridized carbons (Fsp3) is 0.318. The van der Waals surface area contributed by atoms with Gasteiger partial charge in [0.1, 0.15) is 17.2 Å². The Morgan fingerprint density at radius 2 is 1.78 bits per heavy atom. The van der Waals surface area contributed by atoms with Crippen LogP contribution in [0.2, 0.25) is 0 Å². The van der Waals surface area contributed by atoms with E-state index in [0.717, 1.165) is 30.0 Å². The predicted octanol–water partition coefficient (Wildman–Crippen LogP) is 4.08. The highest BCUT2D eigenvalue weighted by Crippen LogP contribution is 2.42. The Hall–Kier alpha value is -2.95. The molecule has 0 aromatic heterocycles. The van der Waals surface area contributed by atoms with Crippen molar-refractivity contribution in [3.05, 3.63) is 60.2 Å². The molecule has 0 fully saturated rings. The number of hydrogen-bond acceptors (Lipinski definition) is 5. The topological polar surface area (TPSA) is 48.0 Å². The van der Waals surface area contributed by atoms with E-state index in [1.807, 2.05) is 36.4 Å². The molecule has 5 heteroatoms. The van der Waals surface area contributed by atoms with Gasteiger partial charge in [0.05, 0.1) is 38.5 Å². The van der Waals surface area contributed by atoms with Crippen molar-refractivity contribution in [2.24, 2.45) is 0 Å². The van der Waals surface area contributed by atoms with Crippen molar-refractivity contribution in [1.82, 2.24) is 0 Å². The van der Waals surface area contributed by atoms with E-state index < -0.39 is 0 Å². The highest BCUT2D eigenvalue weighted by Gasteiger charge is 2.35. The summed E-state index contributed by atoms with van der Waals surface area (Å²) in [6, 6.07) is 11.3. The van der Waals surface area contributed by atoms with Crippen molar-refractivity contribution in [1.29, 1.82) is 0 Å². The number of rotatable bonds is 7. The van der Waals surface area contributed by atoms with Gasteiger partial charge in [0.15, 0.2) is 5.78 Å². The smallest absolute Gasteiger partial charge is 0.177 e. The molecule has 0 bridgehead atoms. The summed E-state index contributed by atoms with van der Waals surface area (Å²) in [4.78, 5) is 15.6. The van der Waals surface area contributed by atoms with E-state index in [9.17, 15) is 4.79 Å². The van der Waals surface area contributed by atoms with Crippen LogP contribution in [-0.4, -0.2) is 40.2 Å². The summed E-state index contributed by atoms with van der Waals surface area (Å²) in [5.74, 6) is 1.77. The number of hydrogen-bond donors (Lipinski definition) is 0. The molecule has 1 heterocycles. The first-order chi connectivity index (χ1) is 13.1. The third-order valence-corrected chi connectivity index (χ3v) is 4.94. The average Bonchev–Trinajstić information content (AvgIpc) is 2.72. The number of ketones is 1. The number of Topliss-reactive ketones (excluding diaryl/α,β-unsaturated/α-hetero) is 1. The van der Waals surface area contributed by atoms with E-state index >= 15 is 0 Å². The van der Waals surface area contributed by atoms with Crippen molar-refractivity contribution >= 4 is 11.5 Å². The van der Waals surface area contributed by atoms with E-state index in [4.69, 9.17) is 14.2 Å². The van der Waals surface area contributed by atoms with E-state index in [-0.39, 0.29) is 11.7 Å². The molecular weight excluding hydrogens is 342 g/mol. The zero-order valence-corrected chi connectivity index (χ0v) is 16.0. The second kappa shape index (κ2) is 8.16. The van der Waals surface area contributed by atoms with Gasteiger partial charge in [-0.1, -0.05) is 18.2 Å². The molecule has 0 saturated heterocycles. The number of fused-ring (bicyclic) bond motifs is 1. The third-order valence-electron chi connectivity index (χ3n) is 4.94. The van der Waals surface area contributed by atoms with Crippen molar-refractivity contribution in [2.45, 2.75) is 12.3 Å². The minimum absolute atomic E-state index is 0.0597. The number of benzene rings is 2. The van der Waals surface area contributed by atoms with Gasteiger partial charge in [-0.15, -0.1) is 6.58 Å². The molecule has 0 saturated carbocycles. The zero-order chi connectivity index (χ0) is 19.4. The first kappa shape index (κ1) is 18.8. The van der Waals surface area contributed by atoms with Gasteiger partial charge in [-0.2, -0.15) is 0 Å². The van der Waals surface area contributed by atoms with Gasteiger partial charge in [0.25, 0.3) is 0 Å². The fourth-order valence-electron chi connectivity index (χ4n) is 3.48. The zero-order valence-electron chi connectivity index (χ0n) is 16.0. The van der Waals surface area contributed by atoms with Crippen LogP contribution in [0.25, 0.3) is 0 Å². The second-order valence-corrected chi connectivity index (χ2v) is 6.44. The van der Waals surface area contributed by atoms with Gasteiger partial charge in [-0.05, 0) is 24.1 Å². The Labute approximate surface area is 160 Å². The first-order valence-corrected chi connectivity index (χ1v) is 8.93. The maximum Gasteiger partial charge on any atom is 0.177 e. The van der Waals surface area contributed by atoms with Crippen molar-refractivity contribution in [2.75, 3.05) is 39.3 Å². The van der Waals surface area contributed by atoms with Crippen molar-refractivity contribution < 1.29 is 19.0 Å². The maximum atomic E-state index is 13.4. The lowest BCUT2D eigenvalue weighted by Gasteiger charge is -2.36. The molecular formula is C22H25NO4. The Kier molecular flexibility index (Phi) is 5.69. The van der Waals surface area contributed by atoms with Gasteiger partial charge < -0.3 is 19.1 Å². The number of anilines is 1. The average molecular weight is 367 g/mol. The van der Waals surface area contributed by atoms with E-state index in [1.165, 1.54) is 0 Å². The molecule has 5 nitrogen and oxygen atoms in total. The summed E-state index contributed by atoms with van der Waals surface area (Å²) in [5.41, 5.74) is 2.42. The first-order valence-electron chi connectivity index (χ1n) is 8.93. The van der Waals surface area contributed by atoms with Crippen LogP contribution in [0.5, 0.6) is 17.2 Å². The molecule has 3 rings (SSSR count). The minimum Gasteiger partial charge on any atom is -0.497 e. The largest absolute Gasteiger partial charge is 0.497 e. The Morgan fingerprint density at radius 1 is 1.07 bits per heavy atom. The Morgan fingerprint density at radius 3 is 2.37 bits per heavy atom. The monoisotopic (exact) mass is 367 g/mol. The number of nitrogens with zero attached hydrogens (tertiary/aromatic N) is 1. The Balaban J connectivity index is 2.08. The molecule has 0 amide bonds.